The molecule has 8 heteroatoms. The quantitative estimate of drug-likeness (QED) is 0.737. The van der Waals surface area contributed by atoms with Crippen molar-refractivity contribution in [2.45, 2.75) is 51.1 Å². The summed E-state index contributed by atoms with van der Waals surface area (Å²) in [6.45, 7) is 3.32. The zero-order valence-corrected chi connectivity index (χ0v) is 15.6. The van der Waals surface area contributed by atoms with E-state index in [1.165, 1.54) is 21.4 Å². The number of halogens is 1. The number of nitrogens with zero attached hydrogens (tertiary/aromatic N) is 4. The standard InChI is InChI=1S/C20H23FN4O3/c21-16-5-3-14(4-6-16)9-23-8-7-20(12-23)13-24-17(11-28-20)22-25(10-15-1-2-15)19(27)18(24)26/h3-6,15H,1-2,7-13H2. The highest BCUT2D eigenvalue weighted by Crippen LogP contribution is 2.32. The molecule has 5 rings (SSSR count). The number of hydrogen-bond acceptors (Lipinski definition) is 5. The molecule has 1 atom stereocenters. The molecule has 1 saturated carbocycles. The fourth-order valence-corrected chi connectivity index (χ4v) is 4.23. The van der Waals surface area contributed by atoms with Gasteiger partial charge in [0.05, 0.1) is 6.54 Å². The van der Waals surface area contributed by atoms with Crippen molar-refractivity contribution in [2.24, 2.45) is 5.92 Å². The highest BCUT2D eigenvalue weighted by Gasteiger charge is 2.43. The SMILES string of the molecule is O=c1c(=O)n2c(nn1CC1CC1)COC1(CCN(Cc3ccc(F)cc3)C1)C2. The highest BCUT2D eigenvalue weighted by molar-refractivity contribution is 5.16. The Kier molecular flexibility index (Phi) is 4.21. The molecule has 1 aromatic heterocycles. The van der Waals surface area contributed by atoms with Crippen LogP contribution in [0.15, 0.2) is 33.9 Å². The van der Waals surface area contributed by atoms with Gasteiger partial charge in [0.1, 0.15) is 18.0 Å². The molecule has 7 nitrogen and oxygen atoms in total. The molecule has 28 heavy (non-hydrogen) atoms. The Labute approximate surface area is 161 Å². The second-order valence-corrected chi connectivity index (χ2v) is 8.30. The number of fused-ring (bicyclic) bond motifs is 1. The maximum atomic E-state index is 13.1. The van der Waals surface area contributed by atoms with Crippen LogP contribution >= 0.6 is 0 Å². The average molecular weight is 386 g/mol. The fraction of sp³-hybridized carbons (Fsp3) is 0.550. The minimum Gasteiger partial charge on any atom is -0.364 e. The third kappa shape index (κ3) is 3.31. The summed E-state index contributed by atoms with van der Waals surface area (Å²) >= 11 is 0. The molecule has 1 saturated heterocycles. The van der Waals surface area contributed by atoms with E-state index >= 15 is 0 Å². The van der Waals surface area contributed by atoms with Gasteiger partial charge in [-0.2, -0.15) is 5.10 Å². The monoisotopic (exact) mass is 386 g/mol. The van der Waals surface area contributed by atoms with E-state index in [9.17, 15) is 14.0 Å². The van der Waals surface area contributed by atoms with Gasteiger partial charge in [-0.15, -0.1) is 0 Å². The predicted molar refractivity (Wildman–Crippen MR) is 99.3 cm³/mol. The van der Waals surface area contributed by atoms with Crippen molar-refractivity contribution >= 4 is 0 Å². The Balaban J connectivity index is 1.34. The lowest BCUT2D eigenvalue weighted by Crippen LogP contribution is -2.53. The van der Waals surface area contributed by atoms with Crippen LogP contribution in [0, 0.1) is 11.7 Å². The highest BCUT2D eigenvalue weighted by atomic mass is 19.1. The maximum absolute atomic E-state index is 13.1. The zero-order chi connectivity index (χ0) is 19.3. The lowest BCUT2D eigenvalue weighted by Gasteiger charge is -2.35. The topological polar surface area (TPSA) is 69.4 Å². The Bertz CT molecular complexity index is 1010. The van der Waals surface area contributed by atoms with E-state index in [-0.39, 0.29) is 12.4 Å². The van der Waals surface area contributed by atoms with Crippen LogP contribution in [0.3, 0.4) is 0 Å². The summed E-state index contributed by atoms with van der Waals surface area (Å²) in [6, 6.07) is 6.50. The van der Waals surface area contributed by atoms with Crippen LogP contribution in [-0.4, -0.2) is 37.9 Å². The number of hydrogen-bond donors (Lipinski definition) is 0. The first-order valence-corrected chi connectivity index (χ1v) is 9.83. The molecule has 1 unspecified atom stereocenters. The zero-order valence-electron chi connectivity index (χ0n) is 15.6. The smallest absolute Gasteiger partial charge is 0.332 e. The van der Waals surface area contributed by atoms with E-state index in [1.54, 1.807) is 12.1 Å². The second kappa shape index (κ2) is 6.63. The molecule has 0 radical (unpaired) electrons. The Morgan fingerprint density at radius 3 is 2.68 bits per heavy atom. The van der Waals surface area contributed by atoms with Gasteiger partial charge in [0, 0.05) is 26.2 Å². The molecule has 2 fully saturated rings. The Morgan fingerprint density at radius 1 is 1.14 bits per heavy atom. The van der Waals surface area contributed by atoms with Crippen LogP contribution in [0.1, 0.15) is 30.7 Å². The van der Waals surface area contributed by atoms with Gasteiger partial charge in [0.15, 0.2) is 5.82 Å². The largest absolute Gasteiger partial charge is 0.364 e. The van der Waals surface area contributed by atoms with Gasteiger partial charge in [0.25, 0.3) is 0 Å². The van der Waals surface area contributed by atoms with Crippen molar-refractivity contribution in [2.75, 3.05) is 13.1 Å². The fourth-order valence-electron chi connectivity index (χ4n) is 4.23. The average Bonchev–Trinajstić information content (AvgIpc) is 3.43. The second-order valence-electron chi connectivity index (χ2n) is 8.30. The number of likely N-dealkylation sites (tertiary alicyclic amines) is 1. The summed E-state index contributed by atoms with van der Waals surface area (Å²) in [4.78, 5) is 27.3. The lowest BCUT2D eigenvalue weighted by atomic mass is 10.0. The third-order valence-corrected chi connectivity index (χ3v) is 6.01. The van der Waals surface area contributed by atoms with Crippen molar-refractivity contribution < 1.29 is 9.13 Å². The van der Waals surface area contributed by atoms with Gasteiger partial charge >= 0.3 is 11.1 Å². The first kappa shape index (κ1) is 17.8. The summed E-state index contributed by atoms with van der Waals surface area (Å²) < 4.78 is 22.1. The lowest BCUT2D eigenvalue weighted by molar-refractivity contribution is -0.0859. The Hall–Kier alpha value is -2.32. The summed E-state index contributed by atoms with van der Waals surface area (Å²) in [6.07, 6.45) is 2.97. The van der Waals surface area contributed by atoms with Crippen molar-refractivity contribution in [3.63, 3.8) is 0 Å². The molecule has 0 bridgehead atoms. The minimum atomic E-state index is -0.533. The number of ether oxygens (including phenoxy) is 1. The molecule has 1 aromatic carbocycles. The van der Waals surface area contributed by atoms with Gasteiger partial charge in [-0.3, -0.25) is 19.1 Å². The predicted octanol–water partition coefficient (Wildman–Crippen LogP) is 1.13. The normalized spacial score (nSPS) is 24.6. The van der Waals surface area contributed by atoms with Crippen LogP contribution in [0.25, 0.3) is 0 Å². The van der Waals surface area contributed by atoms with Crippen LogP contribution < -0.4 is 11.1 Å². The van der Waals surface area contributed by atoms with Gasteiger partial charge in [-0.05, 0) is 42.9 Å². The molecule has 1 aliphatic carbocycles. The molecule has 2 aliphatic heterocycles. The first-order chi connectivity index (χ1) is 13.5. The number of benzene rings is 1. The molecule has 3 aliphatic rings. The van der Waals surface area contributed by atoms with E-state index in [4.69, 9.17) is 4.74 Å². The first-order valence-electron chi connectivity index (χ1n) is 9.83. The molecular weight excluding hydrogens is 363 g/mol. The number of rotatable bonds is 4. The maximum Gasteiger partial charge on any atom is 0.332 e. The van der Waals surface area contributed by atoms with Crippen molar-refractivity contribution in [3.05, 3.63) is 62.2 Å². The molecule has 0 N–H and O–H groups in total. The van der Waals surface area contributed by atoms with Gasteiger partial charge in [-0.25, -0.2) is 9.07 Å². The van der Waals surface area contributed by atoms with Gasteiger partial charge < -0.3 is 4.74 Å². The number of aromatic nitrogens is 3. The van der Waals surface area contributed by atoms with E-state index in [1.807, 2.05) is 0 Å². The van der Waals surface area contributed by atoms with E-state index in [0.29, 0.717) is 37.9 Å². The Morgan fingerprint density at radius 2 is 1.93 bits per heavy atom. The molecule has 0 amide bonds. The van der Waals surface area contributed by atoms with Crippen LogP contribution in [0.2, 0.25) is 0 Å². The molecular formula is C20H23FN4O3. The van der Waals surface area contributed by atoms with Crippen LogP contribution in [0.4, 0.5) is 4.39 Å². The van der Waals surface area contributed by atoms with Crippen molar-refractivity contribution in [1.29, 1.82) is 0 Å². The van der Waals surface area contributed by atoms with E-state index in [0.717, 1.165) is 31.4 Å². The molecule has 3 heterocycles. The molecule has 148 valence electrons. The molecule has 2 aromatic rings. The van der Waals surface area contributed by atoms with E-state index < -0.39 is 16.7 Å². The third-order valence-electron chi connectivity index (χ3n) is 6.01. The summed E-state index contributed by atoms with van der Waals surface area (Å²) in [7, 11) is 0. The van der Waals surface area contributed by atoms with Crippen LogP contribution in [-0.2, 0) is 31.0 Å². The van der Waals surface area contributed by atoms with Crippen LogP contribution in [0.5, 0.6) is 0 Å². The summed E-state index contributed by atoms with van der Waals surface area (Å²) in [5, 5.41) is 4.40. The van der Waals surface area contributed by atoms with Crippen molar-refractivity contribution in [3.8, 4) is 0 Å². The summed E-state index contributed by atoms with van der Waals surface area (Å²) in [5.74, 6) is 0.763. The van der Waals surface area contributed by atoms with Crippen molar-refractivity contribution in [1.82, 2.24) is 19.2 Å². The van der Waals surface area contributed by atoms with Gasteiger partial charge in [0.2, 0.25) is 0 Å². The van der Waals surface area contributed by atoms with E-state index in [2.05, 4.69) is 10.00 Å². The van der Waals surface area contributed by atoms with Gasteiger partial charge in [-0.1, -0.05) is 12.1 Å². The summed E-state index contributed by atoms with van der Waals surface area (Å²) in [5.41, 5.74) is -0.469. The molecule has 1 spiro atoms. The minimum absolute atomic E-state index is 0.241.